The number of ether oxygens (including phenoxy) is 1. The molecule has 0 unspecified atom stereocenters. The third kappa shape index (κ3) is 4.01. The van der Waals surface area contributed by atoms with Gasteiger partial charge in [0.15, 0.2) is 5.11 Å². The fourth-order valence-corrected chi connectivity index (χ4v) is 2.06. The number of benzene rings is 1. The molecule has 1 aliphatic heterocycles. The molecule has 0 aromatic heterocycles. The molecular weight excluding hydrogens is 270 g/mol. The van der Waals surface area contributed by atoms with Gasteiger partial charge in [0.2, 0.25) is 0 Å². The van der Waals surface area contributed by atoms with Crippen molar-refractivity contribution in [1.82, 2.24) is 10.7 Å². The number of para-hydroxylation sites is 1. The first-order chi connectivity index (χ1) is 8.75. The number of hydrogen-bond acceptors (Lipinski definition) is 3. The molecule has 2 rings (SSSR count). The van der Waals surface area contributed by atoms with E-state index in [1.165, 1.54) is 0 Å². The Balaban J connectivity index is 1.69. The molecule has 1 atom stereocenters. The number of hydrogen-bond donors (Lipinski definition) is 3. The molecule has 0 bridgehead atoms. The number of thiocarbonyl (C=S) groups is 1. The summed E-state index contributed by atoms with van der Waals surface area (Å²) in [4.78, 5) is 0. The van der Waals surface area contributed by atoms with E-state index >= 15 is 0 Å². The lowest BCUT2D eigenvalue weighted by molar-refractivity contribution is 0.114. The molecule has 1 aliphatic rings. The van der Waals surface area contributed by atoms with Crippen LogP contribution in [0.15, 0.2) is 24.3 Å². The van der Waals surface area contributed by atoms with Crippen molar-refractivity contribution in [3.05, 3.63) is 29.3 Å². The van der Waals surface area contributed by atoms with Gasteiger partial charge in [-0.25, -0.2) is 0 Å². The Kier molecular flexibility index (Phi) is 5.04. The molecule has 1 heterocycles. The first-order valence-corrected chi connectivity index (χ1v) is 6.70. The molecule has 98 valence electrons. The molecule has 1 saturated heterocycles. The molecule has 0 spiro atoms. The normalized spacial score (nSPS) is 18.4. The van der Waals surface area contributed by atoms with Crippen molar-refractivity contribution in [3.63, 3.8) is 0 Å². The Morgan fingerprint density at radius 1 is 1.44 bits per heavy atom. The largest absolute Gasteiger partial charge is 0.376 e. The Morgan fingerprint density at radius 2 is 2.28 bits per heavy atom. The van der Waals surface area contributed by atoms with Crippen LogP contribution in [-0.4, -0.2) is 24.4 Å². The van der Waals surface area contributed by atoms with Gasteiger partial charge in [-0.05, 0) is 37.2 Å². The smallest absolute Gasteiger partial charge is 0.185 e. The standard InChI is InChI=1S/C12H16ClN3OS/c13-10-5-1-2-6-11(10)15-16-12(18)14-8-9-4-3-7-17-9/h1-2,5-6,9,15H,3-4,7-8H2,(H2,14,16,18)/t9-/m0/s1. The minimum absolute atomic E-state index is 0.269. The van der Waals surface area contributed by atoms with Crippen LogP contribution < -0.4 is 16.2 Å². The average molecular weight is 286 g/mol. The van der Waals surface area contributed by atoms with E-state index in [0.717, 1.165) is 31.7 Å². The zero-order valence-electron chi connectivity index (χ0n) is 9.91. The molecule has 6 heteroatoms. The maximum absolute atomic E-state index is 6.00. The zero-order chi connectivity index (χ0) is 12.8. The molecule has 3 N–H and O–H groups in total. The maximum atomic E-state index is 6.00. The van der Waals surface area contributed by atoms with E-state index in [1.54, 1.807) is 0 Å². The van der Waals surface area contributed by atoms with Crippen LogP contribution in [0.3, 0.4) is 0 Å². The predicted molar refractivity (Wildman–Crippen MR) is 77.8 cm³/mol. The van der Waals surface area contributed by atoms with Crippen molar-refractivity contribution in [2.45, 2.75) is 18.9 Å². The molecule has 18 heavy (non-hydrogen) atoms. The van der Waals surface area contributed by atoms with Gasteiger partial charge in [0.1, 0.15) is 0 Å². The summed E-state index contributed by atoms with van der Waals surface area (Å²) in [6.07, 6.45) is 2.49. The third-order valence-corrected chi connectivity index (χ3v) is 3.27. The highest BCUT2D eigenvalue weighted by Gasteiger charge is 2.15. The van der Waals surface area contributed by atoms with Crippen molar-refractivity contribution < 1.29 is 4.74 Å². The molecule has 0 radical (unpaired) electrons. The van der Waals surface area contributed by atoms with E-state index in [4.69, 9.17) is 28.6 Å². The van der Waals surface area contributed by atoms with Gasteiger partial charge in [-0.15, -0.1) is 0 Å². The summed E-state index contributed by atoms with van der Waals surface area (Å²) in [6, 6.07) is 7.46. The van der Waals surface area contributed by atoms with Gasteiger partial charge in [-0.2, -0.15) is 0 Å². The van der Waals surface area contributed by atoms with Crippen LogP contribution in [0.1, 0.15) is 12.8 Å². The van der Waals surface area contributed by atoms with Crippen LogP contribution in [-0.2, 0) is 4.74 Å². The monoisotopic (exact) mass is 285 g/mol. The second kappa shape index (κ2) is 6.78. The molecule has 1 fully saturated rings. The molecule has 1 aromatic carbocycles. The molecule has 4 nitrogen and oxygen atoms in total. The summed E-state index contributed by atoms with van der Waals surface area (Å²) in [5.74, 6) is 0. The quantitative estimate of drug-likeness (QED) is 0.585. The number of hydrazine groups is 1. The Hall–Kier alpha value is -1.04. The van der Waals surface area contributed by atoms with Crippen molar-refractivity contribution >= 4 is 34.6 Å². The molecule has 0 saturated carbocycles. The van der Waals surface area contributed by atoms with Gasteiger partial charge in [0.05, 0.1) is 16.8 Å². The first kappa shape index (κ1) is 13.4. The number of halogens is 1. The summed E-state index contributed by atoms with van der Waals surface area (Å²) >= 11 is 11.1. The summed E-state index contributed by atoms with van der Waals surface area (Å²) < 4.78 is 5.49. The lowest BCUT2D eigenvalue weighted by atomic mass is 10.2. The summed E-state index contributed by atoms with van der Waals surface area (Å²) in [6.45, 7) is 1.58. The third-order valence-electron chi connectivity index (χ3n) is 2.70. The van der Waals surface area contributed by atoms with Crippen LogP contribution in [0.4, 0.5) is 5.69 Å². The Bertz CT molecular complexity index is 410. The fraction of sp³-hybridized carbons (Fsp3) is 0.417. The highest BCUT2D eigenvalue weighted by atomic mass is 35.5. The van der Waals surface area contributed by atoms with Crippen molar-refractivity contribution in [2.75, 3.05) is 18.6 Å². The lowest BCUT2D eigenvalue weighted by Gasteiger charge is -2.15. The van der Waals surface area contributed by atoms with Crippen molar-refractivity contribution in [3.8, 4) is 0 Å². The van der Waals surface area contributed by atoms with Crippen LogP contribution in [0.25, 0.3) is 0 Å². The van der Waals surface area contributed by atoms with E-state index in [9.17, 15) is 0 Å². The molecule has 0 amide bonds. The maximum Gasteiger partial charge on any atom is 0.185 e. The van der Waals surface area contributed by atoms with Gasteiger partial charge in [0.25, 0.3) is 0 Å². The minimum Gasteiger partial charge on any atom is -0.376 e. The molecule has 1 aromatic rings. The topological polar surface area (TPSA) is 45.3 Å². The van der Waals surface area contributed by atoms with E-state index in [2.05, 4.69) is 16.2 Å². The average Bonchev–Trinajstić information content (AvgIpc) is 2.88. The lowest BCUT2D eigenvalue weighted by Crippen LogP contribution is -2.42. The van der Waals surface area contributed by atoms with Crippen LogP contribution in [0, 0.1) is 0 Å². The summed E-state index contributed by atoms with van der Waals surface area (Å²) in [7, 11) is 0. The predicted octanol–water partition coefficient (Wildman–Crippen LogP) is 2.31. The van der Waals surface area contributed by atoms with Gasteiger partial charge in [-0.1, -0.05) is 23.7 Å². The number of anilines is 1. The number of nitrogens with one attached hydrogen (secondary N) is 3. The van der Waals surface area contributed by atoms with E-state index in [0.29, 0.717) is 10.1 Å². The Morgan fingerprint density at radius 3 is 3.00 bits per heavy atom. The van der Waals surface area contributed by atoms with Crippen LogP contribution in [0.2, 0.25) is 5.02 Å². The van der Waals surface area contributed by atoms with E-state index in [1.807, 2.05) is 24.3 Å². The van der Waals surface area contributed by atoms with Crippen LogP contribution >= 0.6 is 23.8 Å². The van der Waals surface area contributed by atoms with E-state index < -0.39 is 0 Å². The van der Waals surface area contributed by atoms with Gasteiger partial charge >= 0.3 is 0 Å². The number of rotatable bonds is 4. The fourth-order valence-electron chi connectivity index (χ4n) is 1.74. The summed E-state index contributed by atoms with van der Waals surface area (Å²) in [5, 5.41) is 4.28. The van der Waals surface area contributed by atoms with Crippen molar-refractivity contribution in [2.24, 2.45) is 0 Å². The van der Waals surface area contributed by atoms with E-state index in [-0.39, 0.29) is 6.10 Å². The van der Waals surface area contributed by atoms with Gasteiger partial charge < -0.3 is 10.1 Å². The molecule has 0 aliphatic carbocycles. The second-order valence-corrected chi connectivity index (χ2v) is 4.89. The van der Waals surface area contributed by atoms with Crippen molar-refractivity contribution in [1.29, 1.82) is 0 Å². The van der Waals surface area contributed by atoms with Crippen LogP contribution in [0.5, 0.6) is 0 Å². The summed E-state index contributed by atoms with van der Waals surface area (Å²) in [5.41, 5.74) is 6.65. The highest BCUT2D eigenvalue weighted by Crippen LogP contribution is 2.19. The SMILES string of the molecule is S=C(NC[C@@H]1CCCO1)NNc1ccccc1Cl. The van der Waals surface area contributed by atoms with Gasteiger partial charge in [0, 0.05) is 13.2 Å². The highest BCUT2D eigenvalue weighted by molar-refractivity contribution is 7.80. The minimum atomic E-state index is 0.269. The Labute approximate surface area is 117 Å². The second-order valence-electron chi connectivity index (χ2n) is 4.07. The molecular formula is C12H16ClN3OS. The first-order valence-electron chi connectivity index (χ1n) is 5.91. The van der Waals surface area contributed by atoms with Gasteiger partial charge in [-0.3, -0.25) is 10.9 Å². The zero-order valence-corrected chi connectivity index (χ0v) is 11.5.